The van der Waals surface area contributed by atoms with Crippen molar-refractivity contribution in [2.75, 3.05) is 36.5 Å². The molecule has 0 radical (unpaired) electrons. The van der Waals surface area contributed by atoms with Crippen LogP contribution in [0.1, 0.15) is 33.1 Å². The van der Waals surface area contributed by atoms with Crippen LogP contribution in [-0.4, -0.2) is 37.3 Å². The summed E-state index contributed by atoms with van der Waals surface area (Å²) >= 11 is 12.5. The van der Waals surface area contributed by atoms with Crippen molar-refractivity contribution < 1.29 is 4.74 Å². The van der Waals surface area contributed by atoms with Crippen molar-refractivity contribution in [3.8, 4) is 0 Å². The number of rotatable bonds is 7. The minimum atomic E-state index is 0.269. The maximum atomic E-state index is 6.34. The molecule has 21 heavy (non-hydrogen) atoms. The lowest BCUT2D eigenvalue weighted by Crippen LogP contribution is -2.33. The maximum Gasteiger partial charge on any atom is 0.150 e. The van der Waals surface area contributed by atoms with E-state index in [2.05, 4.69) is 29.0 Å². The van der Waals surface area contributed by atoms with Gasteiger partial charge in [-0.2, -0.15) is 0 Å². The fraction of sp³-hybridized carbons (Fsp3) is 0.667. The molecule has 0 aromatic carbocycles. The monoisotopic (exact) mass is 331 g/mol. The molecule has 6 heteroatoms. The normalized spacial score (nSPS) is 18.0. The minimum absolute atomic E-state index is 0.269. The number of likely N-dealkylation sites (N-methyl/N-ethyl adjacent to an activating group) is 1. The zero-order chi connectivity index (χ0) is 15.2. The topological polar surface area (TPSA) is 37.4 Å². The number of hydrogen-bond donors (Lipinski definition) is 1. The van der Waals surface area contributed by atoms with E-state index in [1.54, 1.807) is 6.07 Å². The molecule has 0 spiro atoms. The highest BCUT2D eigenvalue weighted by Crippen LogP contribution is 2.32. The van der Waals surface area contributed by atoms with Gasteiger partial charge in [0, 0.05) is 26.2 Å². The molecular formula is C15H23Cl2N3O. The number of aromatic nitrogens is 1. The van der Waals surface area contributed by atoms with Gasteiger partial charge in [-0.15, -0.1) is 0 Å². The molecule has 0 saturated carbocycles. The van der Waals surface area contributed by atoms with Crippen molar-refractivity contribution in [3.63, 3.8) is 0 Å². The number of nitrogens with zero attached hydrogens (tertiary/aromatic N) is 2. The highest BCUT2D eigenvalue weighted by Gasteiger charge is 2.21. The standard InChI is InChI=1S/C15H23Cl2N3O/c1-3-7-18-14-12(16)9-13(17)15(19-14)20(4-2)10-11-6-5-8-21-11/h9,11H,3-8,10H2,1-2H3,(H,18,19). The second-order valence-electron chi connectivity index (χ2n) is 5.22. The molecule has 1 N–H and O–H groups in total. The summed E-state index contributed by atoms with van der Waals surface area (Å²) in [4.78, 5) is 6.78. The molecule has 118 valence electrons. The molecule has 1 saturated heterocycles. The first-order chi connectivity index (χ1) is 10.2. The fourth-order valence-corrected chi connectivity index (χ4v) is 2.99. The molecule has 0 aliphatic carbocycles. The van der Waals surface area contributed by atoms with Gasteiger partial charge in [0.15, 0.2) is 0 Å². The Bertz CT molecular complexity index is 464. The largest absolute Gasteiger partial charge is 0.376 e. The highest BCUT2D eigenvalue weighted by atomic mass is 35.5. The lowest BCUT2D eigenvalue weighted by atomic mass is 10.2. The average Bonchev–Trinajstić information content (AvgIpc) is 2.97. The summed E-state index contributed by atoms with van der Waals surface area (Å²) in [7, 11) is 0. The molecule has 1 aliphatic rings. The van der Waals surface area contributed by atoms with Gasteiger partial charge >= 0.3 is 0 Å². The van der Waals surface area contributed by atoms with Crippen LogP contribution in [0, 0.1) is 0 Å². The summed E-state index contributed by atoms with van der Waals surface area (Å²) in [5.74, 6) is 1.47. The second kappa shape index (κ2) is 8.06. The van der Waals surface area contributed by atoms with Crippen LogP contribution in [0.4, 0.5) is 11.6 Å². The average molecular weight is 332 g/mol. The van der Waals surface area contributed by atoms with Crippen LogP contribution in [-0.2, 0) is 4.74 Å². The predicted molar refractivity (Wildman–Crippen MR) is 89.9 cm³/mol. The number of anilines is 2. The Balaban J connectivity index is 2.18. The van der Waals surface area contributed by atoms with Crippen molar-refractivity contribution in [3.05, 3.63) is 16.1 Å². The number of nitrogens with one attached hydrogen (secondary N) is 1. The third-order valence-corrected chi connectivity index (χ3v) is 4.15. The van der Waals surface area contributed by atoms with E-state index in [-0.39, 0.29) is 6.10 Å². The predicted octanol–water partition coefficient (Wildman–Crippen LogP) is 4.22. The highest BCUT2D eigenvalue weighted by molar-refractivity contribution is 6.37. The van der Waals surface area contributed by atoms with Crippen molar-refractivity contribution in [1.82, 2.24) is 4.98 Å². The quantitative estimate of drug-likeness (QED) is 0.811. The zero-order valence-corrected chi connectivity index (χ0v) is 14.2. The molecule has 0 bridgehead atoms. The lowest BCUT2D eigenvalue weighted by molar-refractivity contribution is 0.115. The Morgan fingerprint density at radius 1 is 1.38 bits per heavy atom. The molecule has 1 aliphatic heterocycles. The van der Waals surface area contributed by atoms with Gasteiger partial charge < -0.3 is 15.0 Å². The summed E-state index contributed by atoms with van der Waals surface area (Å²) in [5, 5.41) is 4.39. The molecule has 2 rings (SSSR count). The van der Waals surface area contributed by atoms with Gasteiger partial charge in [0.05, 0.1) is 16.1 Å². The molecule has 1 fully saturated rings. The summed E-state index contributed by atoms with van der Waals surface area (Å²) in [5.41, 5.74) is 0. The smallest absolute Gasteiger partial charge is 0.150 e. The first-order valence-corrected chi connectivity index (χ1v) is 8.37. The number of ether oxygens (including phenoxy) is 1. The van der Waals surface area contributed by atoms with Crippen LogP contribution >= 0.6 is 23.2 Å². The molecule has 4 nitrogen and oxygen atoms in total. The van der Waals surface area contributed by atoms with Gasteiger partial charge in [-0.25, -0.2) is 4.98 Å². The van der Waals surface area contributed by atoms with Gasteiger partial charge in [0.1, 0.15) is 11.6 Å². The van der Waals surface area contributed by atoms with Crippen molar-refractivity contribution in [2.24, 2.45) is 0 Å². The molecule has 1 atom stereocenters. The van der Waals surface area contributed by atoms with Gasteiger partial charge in [0.2, 0.25) is 0 Å². The first kappa shape index (κ1) is 16.7. The Kier molecular flexibility index (Phi) is 6.40. The van der Waals surface area contributed by atoms with E-state index >= 15 is 0 Å². The molecule has 1 unspecified atom stereocenters. The van der Waals surface area contributed by atoms with Crippen LogP contribution in [0.3, 0.4) is 0 Å². The molecular weight excluding hydrogens is 309 g/mol. The van der Waals surface area contributed by atoms with Crippen LogP contribution in [0.15, 0.2) is 6.07 Å². The van der Waals surface area contributed by atoms with E-state index in [1.807, 2.05) is 0 Å². The summed E-state index contributed by atoms with van der Waals surface area (Å²) < 4.78 is 5.71. The Labute approximate surface area is 136 Å². The summed E-state index contributed by atoms with van der Waals surface area (Å²) in [6.07, 6.45) is 3.52. The Morgan fingerprint density at radius 3 is 2.81 bits per heavy atom. The second-order valence-corrected chi connectivity index (χ2v) is 6.04. The third kappa shape index (κ3) is 4.38. The van der Waals surface area contributed by atoms with E-state index in [1.165, 1.54) is 0 Å². The lowest BCUT2D eigenvalue weighted by Gasteiger charge is -2.26. The van der Waals surface area contributed by atoms with E-state index in [0.717, 1.165) is 51.3 Å². The van der Waals surface area contributed by atoms with Gasteiger partial charge in [-0.3, -0.25) is 0 Å². The molecule has 1 aromatic heterocycles. The number of halogens is 2. The molecule has 2 heterocycles. The molecule has 0 amide bonds. The van der Waals surface area contributed by atoms with Crippen molar-refractivity contribution >= 4 is 34.8 Å². The maximum absolute atomic E-state index is 6.34. The zero-order valence-electron chi connectivity index (χ0n) is 12.7. The fourth-order valence-electron chi connectivity index (χ4n) is 2.45. The molecule has 1 aromatic rings. The van der Waals surface area contributed by atoms with E-state index < -0.39 is 0 Å². The summed E-state index contributed by atoms with van der Waals surface area (Å²) in [6, 6.07) is 1.77. The van der Waals surface area contributed by atoms with Gasteiger partial charge in [0.25, 0.3) is 0 Å². The van der Waals surface area contributed by atoms with Crippen molar-refractivity contribution in [1.29, 1.82) is 0 Å². The van der Waals surface area contributed by atoms with E-state index in [0.29, 0.717) is 15.9 Å². The van der Waals surface area contributed by atoms with Crippen LogP contribution in [0.2, 0.25) is 10.0 Å². The van der Waals surface area contributed by atoms with E-state index in [4.69, 9.17) is 27.9 Å². The number of pyridine rings is 1. The number of hydrogen-bond acceptors (Lipinski definition) is 4. The van der Waals surface area contributed by atoms with Gasteiger partial charge in [-0.05, 0) is 32.3 Å². The first-order valence-electron chi connectivity index (χ1n) is 7.62. The Morgan fingerprint density at radius 2 is 2.19 bits per heavy atom. The van der Waals surface area contributed by atoms with Crippen LogP contribution in [0.5, 0.6) is 0 Å². The Hall–Kier alpha value is -0.710. The SMILES string of the molecule is CCCNc1nc(N(CC)CC2CCCO2)c(Cl)cc1Cl. The van der Waals surface area contributed by atoms with E-state index in [9.17, 15) is 0 Å². The third-order valence-electron chi connectivity index (χ3n) is 3.58. The summed E-state index contributed by atoms with van der Waals surface area (Å²) in [6.45, 7) is 7.55. The van der Waals surface area contributed by atoms with Gasteiger partial charge in [-0.1, -0.05) is 30.1 Å². The van der Waals surface area contributed by atoms with Crippen molar-refractivity contribution in [2.45, 2.75) is 39.2 Å². The minimum Gasteiger partial charge on any atom is -0.376 e. The van der Waals surface area contributed by atoms with Crippen LogP contribution in [0.25, 0.3) is 0 Å². The van der Waals surface area contributed by atoms with Crippen LogP contribution < -0.4 is 10.2 Å².